The molecule has 0 aliphatic carbocycles. The maximum absolute atomic E-state index is 11.7. The summed E-state index contributed by atoms with van der Waals surface area (Å²) in [5.41, 5.74) is 0.757. The topological polar surface area (TPSA) is 50.4 Å². The third-order valence-corrected chi connectivity index (χ3v) is 2.76. The summed E-state index contributed by atoms with van der Waals surface area (Å²) in [5.74, 6) is 1.39. The van der Waals surface area contributed by atoms with Crippen LogP contribution in [0.3, 0.4) is 0 Å². The molecule has 0 fully saturated rings. The minimum absolute atomic E-state index is 0.0805. The van der Waals surface area contributed by atoms with Crippen molar-refractivity contribution in [2.45, 2.75) is 34.1 Å². The van der Waals surface area contributed by atoms with E-state index in [1.54, 1.807) is 0 Å². The normalized spacial score (nSPS) is 10.6. The molecule has 4 nitrogen and oxygen atoms in total. The van der Waals surface area contributed by atoms with E-state index in [4.69, 9.17) is 17.0 Å². The van der Waals surface area contributed by atoms with Gasteiger partial charge in [0.2, 0.25) is 5.91 Å². The molecule has 2 N–H and O–H groups in total. The number of ether oxygens (including phenoxy) is 1. The fourth-order valence-electron chi connectivity index (χ4n) is 1.65. The van der Waals surface area contributed by atoms with Crippen LogP contribution in [0.5, 0.6) is 5.75 Å². The monoisotopic (exact) mass is 308 g/mol. The molecule has 1 amide bonds. The summed E-state index contributed by atoms with van der Waals surface area (Å²) in [6, 6.07) is 7.55. The number of thiocarbonyl (C=S) groups is 1. The Kier molecular flexibility index (Phi) is 7.15. The van der Waals surface area contributed by atoms with Gasteiger partial charge >= 0.3 is 0 Å². The number of carbonyl (C=O) groups is 1. The van der Waals surface area contributed by atoms with Crippen molar-refractivity contribution in [2.75, 3.05) is 11.9 Å². The van der Waals surface area contributed by atoms with Crippen molar-refractivity contribution < 1.29 is 9.53 Å². The molecule has 1 aromatic carbocycles. The van der Waals surface area contributed by atoms with Crippen LogP contribution >= 0.6 is 12.2 Å². The molecule has 1 rings (SSSR count). The number of para-hydroxylation sites is 2. The van der Waals surface area contributed by atoms with Crippen LogP contribution in [0.2, 0.25) is 0 Å². The van der Waals surface area contributed by atoms with E-state index in [9.17, 15) is 4.79 Å². The highest BCUT2D eigenvalue weighted by molar-refractivity contribution is 7.80. The van der Waals surface area contributed by atoms with Crippen LogP contribution < -0.4 is 15.4 Å². The van der Waals surface area contributed by atoms with E-state index < -0.39 is 0 Å². The van der Waals surface area contributed by atoms with Gasteiger partial charge in [0.05, 0.1) is 12.3 Å². The zero-order valence-corrected chi connectivity index (χ0v) is 13.9. The predicted molar refractivity (Wildman–Crippen MR) is 90.6 cm³/mol. The molecule has 0 radical (unpaired) electrons. The third kappa shape index (κ3) is 7.09. The molecule has 0 spiro atoms. The SMILES string of the molecule is CC(C)COc1ccccc1NC(=S)NC(=O)CC(C)C. The zero-order chi connectivity index (χ0) is 15.8. The molecule has 0 aliphatic heterocycles. The van der Waals surface area contributed by atoms with E-state index in [1.807, 2.05) is 38.1 Å². The first-order valence-electron chi connectivity index (χ1n) is 7.21. The summed E-state index contributed by atoms with van der Waals surface area (Å²) in [6.45, 7) is 8.79. The molecule has 0 aromatic heterocycles. The van der Waals surface area contributed by atoms with Gasteiger partial charge in [-0.3, -0.25) is 4.79 Å². The van der Waals surface area contributed by atoms with Crippen molar-refractivity contribution in [3.05, 3.63) is 24.3 Å². The maximum atomic E-state index is 11.7. The van der Waals surface area contributed by atoms with Crippen molar-refractivity contribution in [3.63, 3.8) is 0 Å². The van der Waals surface area contributed by atoms with Crippen LogP contribution in [0.4, 0.5) is 5.69 Å². The Morgan fingerprint density at radius 1 is 1.19 bits per heavy atom. The largest absolute Gasteiger partial charge is 0.491 e. The van der Waals surface area contributed by atoms with Gasteiger partial charge in [-0.2, -0.15) is 0 Å². The lowest BCUT2D eigenvalue weighted by atomic mass is 10.1. The Morgan fingerprint density at radius 2 is 1.86 bits per heavy atom. The van der Waals surface area contributed by atoms with Crippen LogP contribution in [0.25, 0.3) is 0 Å². The number of carbonyl (C=O) groups excluding carboxylic acids is 1. The van der Waals surface area contributed by atoms with Gasteiger partial charge in [-0.25, -0.2) is 0 Å². The Morgan fingerprint density at radius 3 is 2.48 bits per heavy atom. The highest BCUT2D eigenvalue weighted by Crippen LogP contribution is 2.24. The van der Waals surface area contributed by atoms with Gasteiger partial charge < -0.3 is 15.4 Å². The number of nitrogens with one attached hydrogen (secondary N) is 2. The van der Waals surface area contributed by atoms with E-state index in [1.165, 1.54) is 0 Å². The van der Waals surface area contributed by atoms with Gasteiger partial charge in [-0.05, 0) is 36.2 Å². The second-order valence-electron chi connectivity index (χ2n) is 5.80. The number of benzene rings is 1. The summed E-state index contributed by atoms with van der Waals surface area (Å²) in [7, 11) is 0. The van der Waals surface area contributed by atoms with Gasteiger partial charge in [0.25, 0.3) is 0 Å². The average molecular weight is 308 g/mol. The van der Waals surface area contributed by atoms with Crippen molar-refractivity contribution >= 4 is 28.9 Å². The molecule has 0 saturated carbocycles. The molecule has 0 bridgehead atoms. The first-order valence-corrected chi connectivity index (χ1v) is 7.62. The second kappa shape index (κ2) is 8.62. The number of rotatable bonds is 6. The lowest BCUT2D eigenvalue weighted by molar-refractivity contribution is -0.120. The standard InChI is InChI=1S/C16H24N2O2S/c1-11(2)9-15(19)18-16(21)17-13-7-5-6-8-14(13)20-10-12(3)4/h5-8,11-12H,9-10H2,1-4H3,(H2,17,18,19,21). The molecule has 116 valence electrons. The van der Waals surface area contributed by atoms with E-state index in [0.29, 0.717) is 30.0 Å². The fraction of sp³-hybridized carbons (Fsp3) is 0.500. The second-order valence-corrected chi connectivity index (χ2v) is 6.21. The smallest absolute Gasteiger partial charge is 0.226 e. The van der Waals surface area contributed by atoms with Crippen molar-refractivity contribution in [3.8, 4) is 5.75 Å². The van der Waals surface area contributed by atoms with Crippen molar-refractivity contribution in [1.82, 2.24) is 5.32 Å². The first kappa shape index (κ1) is 17.4. The van der Waals surface area contributed by atoms with Gasteiger partial charge in [0.1, 0.15) is 5.75 Å². The molecule has 5 heteroatoms. The lowest BCUT2D eigenvalue weighted by Crippen LogP contribution is -2.34. The fourth-order valence-corrected chi connectivity index (χ4v) is 1.88. The third-order valence-electron chi connectivity index (χ3n) is 2.55. The molecule has 0 saturated heterocycles. The number of anilines is 1. The molecule has 0 aliphatic rings. The number of amides is 1. The van der Waals surface area contributed by atoms with Crippen LogP contribution in [0.1, 0.15) is 34.1 Å². The van der Waals surface area contributed by atoms with Gasteiger partial charge in [-0.15, -0.1) is 0 Å². The van der Waals surface area contributed by atoms with Crippen LogP contribution in [-0.2, 0) is 4.79 Å². The Hall–Kier alpha value is -1.62. The summed E-state index contributed by atoms with van der Waals surface area (Å²) in [5, 5.41) is 5.98. The predicted octanol–water partition coefficient (Wildman–Crippen LogP) is 3.58. The highest BCUT2D eigenvalue weighted by Gasteiger charge is 2.09. The van der Waals surface area contributed by atoms with E-state index in [2.05, 4.69) is 24.5 Å². The highest BCUT2D eigenvalue weighted by atomic mass is 32.1. The Balaban J connectivity index is 2.61. The molecule has 21 heavy (non-hydrogen) atoms. The maximum Gasteiger partial charge on any atom is 0.226 e. The van der Waals surface area contributed by atoms with Crippen LogP contribution in [0.15, 0.2) is 24.3 Å². The number of hydrogen-bond donors (Lipinski definition) is 2. The molecule has 0 unspecified atom stereocenters. The zero-order valence-electron chi connectivity index (χ0n) is 13.1. The van der Waals surface area contributed by atoms with Crippen LogP contribution in [0, 0.1) is 11.8 Å². The Bertz CT molecular complexity index is 487. The molecular formula is C16H24N2O2S. The van der Waals surface area contributed by atoms with E-state index >= 15 is 0 Å². The van der Waals surface area contributed by atoms with Gasteiger partial charge in [0.15, 0.2) is 5.11 Å². The first-order chi connectivity index (χ1) is 9.88. The molecule has 0 heterocycles. The quantitative estimate of drug-likeness (QED) is 0.789. The average Bonchev–Trinajstić information content (AvgIpc) is 2.36. The number of hydrogen-bond acceptors (Lipinski definition) is 3. The Labute approximate surface area is 132 Å². The summed E-state index contributed by atoms with van der Waals surface area (Å²) in [4.78, 5) is 11.7. The lowest BCUT2D eigenvalue weighted by Gasteiger charge is -2.15. The van der Waals surface area contributed by atoms with Crippen molar-refractivity contribution in [2.24, 2.45) is 11.8 Å². The van der Waals surface area contributed by atoms with E-state index in [-0.39, 0.29) is 5.91 Å². The summed E-state index contributed by atoms with van der Waals surface area (Å²) >= 11 is 5.16. The summed E-state index contributed by atoms with van der Waals surface area (Å²) < 4.78 is 5.73. The van der Waals surface area contributed by atoms with Gasteiger partial charge in [-0.1, -0.05) is 39.8 Å². The molecule has 0 atom stereocenters. The van der Waals surface area contributed by atoms with Crippen LogP contribution in [-0.4, -0.2) is 17.6 Å². The molecule has 1 aromatic rings. The summed E-state index contributed by atoms with van der Waals surface area (Å²) in [6.07, 6.45) is 0.452. The minimum Gasteiger partial charge on any atom is -0.491 e. The molecular weight excluding hydrogens is 284 g/mol. The van der Waals surface area contributed by atoms with Crippen molar-refractivity contribution in [1.29, 1.82) is 0 Å². The van der Waals surface area contributed by atoms with E-state index in [0.717, 1.165) is 11.4 Å². The minimum atomic E-state index is -0.0805. The van der Waals surface area contributed by atoms with Gasteiger partial charge in [0, 0.05) is 6.42 Å².